The second-order valence-electron chi connectivity index (χ2n) is 5.56. The van der Waals surface area contributed by atoms with Crippen molar-refractivity contribution in [3.8, 4) is 0 Å². The SMILES string of the molecule is CCN(CC)CCNCCN(Cc1cccs1)C1CC1. The molecule has 2 rings (SSSR count). The maximum atomic E-state index is 3.60. The molecule has 1 aromatic heterocycles. The summed E-state index contributed by atoms with van der Waals surface area (Å²) in [5, 5.41) is 5.78. The lowest BCUT2D eigenvalue weighted by Crippen LogP contribution is -2.37. The Kier molecular flexibility index (Phi) is 7.00. The topological polar surface area (TPSA) is 18.5 Å². The van der Waals surface area contributed by atoms with Crippen molar-refractivity contribution in [1.29, 1.82) is 0 Å². The highest BCUT2D eigenvalue weighted by molar-refractivity contribution is 7.09. The minimum Gasteiger partial charge on any atom is -0.314 e. The highest BCUT2D eigenvalue weighted by atomic mass is 32.1. The highest BCUT2D eigenvalue weighted by Gasteiger charge is 2.28. The summed E-state index contributed by atoms with van der Waals surface area (Å²) in [5.74, 6) is 0. The average molecular weight is 295 g/mol. The van der Waals surface area contributed by atoms with Crippen molar-refractivity contribution in [3.05, 3.63) is 22.4 Å². The number of nitrogens with one attached hydrogen (secondary N) is 1. The van der Waals surface area contributed by atoms with Gasteiger partial charge in [0.25, 0.3) is 0 Å². The van der Waals surface area contributed by atoms with Gasteiger partial charge in [0.05, 0.1) is 0 Å². The Morgan fingerprint density at radius 2 is 1.95 bits per heavy atom. The van der Waals surface area contributed by atoms with E-state index in [0.717, 1.165) is 38.8 Å². The summed E-state index contributed by atoms with van der Waals surface area (Å²) in [6.45, 7) is 12.5. The molecule has 0 saturated heterocycles. The van der Waals surface area contributed by atoms with Crippen LogP contribution in [-0.4, -0.2) is 55.1 Å². The van der Waals surface area contributed by atoms with Crippen LogP contribution in [0.15, 0.2) is 17.5 Å². The van der Waals surface area contributed by atoms with Gasteiger partial charge in [0, 0.05) is 43.6 Å². The van der Waals surface area contributed by atoms with Crippen molar-refractivity contribution in [2.75, 3.05) is 39.3 Å². The van der Waals surface area contributed by atoms with Crippen molar-refractivity contribution in [3.63, 3.8) is 0 Å². The lowest BCUT2D eigenvalue weighted by Gasteiger charge is -2.22. The van der Waals surface area contributed by atoms with E-state index in [9.17, 15) is 0 Å². The molecule has 1 aliphatic carbocycles. The van der Waals surface area contributed by atoms with Crippen LogP contribution in [-0.2, 0) is 6.54 Å². The average Bonchev–Trinajstić information content (AvgIpc) is 3.19. The van der Waals surface area contributed by atoms with Crippen molar-refractivity contribution in [1.82, 2.24) is 15.1 Å². The van der Waals surface area contributed by atoms with Crippen LogP contribution in [0.5, 0.6) is 0 Å². The van der Waals surface area contributed by atoms with E-state index in [-0.39, 0.29) is 0 Å². The van der Waals surface area contributed by atoms with Crippen LogP contribution in [0.2, 0.25) is 0 Å². The highest BCUT2D eigenvalue weighted by Crippen LogP contribution is 2.28. The molecule has 114 valence electrons. The molecule has 0 amide bonds. The summed E-state index contributed by atoms with van der Waals surface area (Å²) in [6.07, 6.45) is 2.79. The summed E-state index contributed by atoms with van der Waals surface area (Å²) in [6, 6.07) is 5.27. The van der Waals surface area contributed by atoms with Crippen molar-refractivity contribution < 1.29 is 0 Å². The molecule has 1 saturated carbocycles. The third kappa shape index (κ3) is 5.52. The van der Waals surface area contributed by atoms with Gasteiger partial charge in [0.15, 0.2) is 0 Å². The minimum absolute atomic E-state index is 0.849. The van der Waals surface area contributed by atoms with Gasteiger partial charge in [0.1, 0.15) is 0 Å². The third-order valence-electron chi connectivity index (χ3n) is 4.08. The summed E-state index contributed by atoms with van der Waals surface area (Å²) in [5.41, 5.74) is 0. The van der Waals surface area contributed by atoms with Crippen LogP contribution >= 0.6 is 11.3 Å². The fourth-order valence-electron chi connectivity index (χ4n) is 2.56. The van der Waals surface area contributed by atoms with E-state index in [1.165, 1.54) is 30.8 Å². The molecule has 1 N–H and O–H groups in total. The van der Waals surface area contributed by atoms with Gasteiger partial charge in [-0.3, -0.25) is 4.90 Å². The van der Waals surface area contributed by atoms with Gasteiger partial charge in [-0.05, 0) is 37.4 Å². The number of rotatable bonds is 11. The van der Waals surface area contributed by atoms with Gasteiger partial charge >= 0.3 is 0 Å². The molecule has 0 radical (unpaired) electrons. The fourth-order valence-corrected chi connectivity index (χ4v) is 3.29. The molecule has 0 spiro atoms. The molecule has 0 unspecified atom stereocenters. The molecule has 0 aliphatic heterocycles. The quantitative estimate of drug-likeness (QED) is 0.633. The second-order valence-corrected chi connectivity index (χ2v) is 6.59. The number of nitrogens with zero attached hydrogens (tertiary/aromatic N) is 2. The first-order chi connectivity index (χ1) is 9.83. The standard InChI is InChI=1S/C16H29N3S/c1-3-18(4-2)11-9-17-10-12-19(15-7-8-15)14-16-6-5-13-20-16/h5-6,13,15,17H,3-4,7-12,14H2,1-2H3. The van der Waals surface area contributed by atoms with E-state index in [1.54, 1.807) is 0 Å². The Balaban J connectivity index is 1.60. The first-order valence-electron chi connectivity index (χ1n) is 8.03. The van der Waals surface area contributed by atoms with Crippen LogP contribution in [0.4, 0.5) is 0 Å². The van der Waals surface area contributed by atoms with E-state index in [2.05, 4.69) is 46.5 Å². The Hall–Kier alpha value is -0.420. The Morgan fingerprint density at radius 1 is 1.20 bits per heavy atom. The smallest absolute Gasteiger partial charge is 0.0331 e. The van der Waals surface area contributed by atoms with Crippen molar-refractivity contribution in [2.45, 2.75) is 39.3 Å². The first kappa shape index (κ1) is 16.0. The number of likely N-dealkylation sites (N-methyl/N-ethyl adjacent to an activating group) is 1. The maximum Gasteiger partial charge on any atom is 0.0331 e. The molecule has 1 fully saturated rings. The van der Waals surface area contributed by atoms with Crippen LogP contribution in [0.25, 0.3) is 0 Å². The largest absolute Gasteiger partial charge is 0.314 e. The van der Waals surface area contributed by atoms with Crippen molar-refractivity contribution >= 4 is 11.3 Å². The molecule has 1 aromatic rings. The normalized spacial score (nSPS) is 15.4. The van der Waals surface area contributed by atoms with Gasteiger partial charge in [0.2, 0.25) is 0 Å². The van der Waals surface area contributed by atoms with Gasteiger partial charge in [-0.15, -0.1) is 11.3 Å². The Bertz CT molecular complexity index is 345. The van der Waals surface area contributed by atoms with Gasteiger partial charge < -0.3 is 10.2 Å². The maximum absolute atomic E-state index is 3.60. The van der Waals surface area contributed by atoms with Crippen LogP contribution in [0, 0.1) is 0 Å². The summed E-state index contributed by atoms with van der Waals surface area (Å²) in [4.78, 5) is 6.62. The summed E-state index contributed by atoms with van der Waals surface area (Å²) in [7, 11) is 0. The molecule has 0 aromatic carbocycles. The van der Waals surface area contributed by atoms with E-state index in [0.29, 0.717) is 0 Å². The van der Waals surface area contributed by atoms with E-state index in [1.807, 2.05) is 11.3 Å². The minimum atomic E-state index is 0.849. The molecule has 1 heterocycles. The van der Waals surface area contributed by atoms with E-state index in [4.69, 9.17) is 0 Å². The van der Waals surface area contributed by atoms with E-state index >= 15 is 0 Å². The Morgan fingerprint density at radius 3 is 2.55 bits per heavy atom. The molecule has 4 heteroatoms. The number of hydrogen-bond donors (Lipinski definition) is 1. The molecule has 0 bridgehead atoms. The zero-order chi connectivity index (χ0) is 14.2. The molecule has 20 heavy (non-hydrogen) atoms. The van der Waals surface area contributed by atoms with E-state index < -0.39 is 0 Å². The zero-order valence-electron chi connectivity index (χ0n) is 13.0. The van der Waals surface area contributed by atoms with Crippen LogP contribution in [0.3, 0.4) is 0 Å². The van der Waals surface area contributed by atoms with Crippen molar-refractivity contribution in [2.24, 2.45) is 0 Å². The number of hydrogen-bond acceptors (Lipinski definition) is 4. The molecular weight excluding hydrogens is 266 g/mol. The van der Waals surface area contributed by atoms with Gasteiger partial charge in [-0.1, -0.05) is 19.9 Å². The molecular formula is C16H29N3S. The third-order valence-corrected chi connectivity index (χ3v) is 4.94. The second kappa shape index (κ2) is 8.78. The van der Waals surface area contributed by atoms with Crippen LogP contribution < -0.4 is 5.32 Å². The predicted molar refractivity (Wildman–Crippen MR) is 88.4 cm³/mol. The van der Waals surface area contributed by atoms with Gasteiger partial charge in [-0.25, -0.2) is 0 Å². The van der Waals surface area contributed by atoms with Crippen LogP contribution in [0.1, 0.15) is 31.6 Å². The summed E-state index contributed by atoms with van der Waals surface area (Å²) >= 11 is 1.88. The predicted octanol–water partition coefficient (Wildman–Crippen LogP) is 2.64. The first-order valence-corrected chi connectivity index (χ1v) is 8.91. The monoisotopic (exact) mass is 295 g/mol. The molecule has 0 atom stereocenters. The Labute approximate surface area is 128 Å². The van der Waals surface area contributed by atoms with Gasteiger partial charge in [-0.2, -0.15) is 0 Å². The lowest BCUT2D eigenvalue weighted by molar-refractivity contribution is 0.251. The fraction of sp³-hybridized carbons (Fsp3) is 0.750. The molecule has 1 aliphatic rings. The lowest BCUT2D eigenvalue weighted by atomic mass is 10.3. The number of thiophene rings is 1. The summed E-state index contributed by atoms with van der Waals surface area (Å²) < 4.78 is 0. The molecule has 3 nitrogen and oxygen atoms in total. The zero-order valence-corrected chi connectivity index (χ0v) is 13.8.